The van der Waals surface area contributed by atoms with Gasteiger partial charge in [0.05, 0.1) is 5.69 Å². The van der Waals surface area contributed by atoms with Crippen molar-refractivity contribution in [1.29, 1.82) is 0 Å². The number of rotatable bonds is 5. The summed E-state index contributed by atoms with van der Waals surface area (Å²) in [6, 6.07) is 12.9. The third kappa shape index (κ3) is 4.61. The van der Waals surface area contributed by atoms with E-state index in [0.717, 1.165) is 0 Å². The molecule has 1 aliphatic heterocycles. The molecule has 0 aliphatic carbocycles. The van der Waals surface area contributed by atoms with E-state index in [9.17, 15) is 14.4 Å². The van der Waals surface area contributed by atoms with Gasteiger partial charge in [0.15, 0.2) is 11.2 Å². The van der Waals surface area contributed by atoms with Crippen LogP contribution in [0.5, 0.6) is 5.75 Å². The Hall–Kier alpha value is -3.23. The smallest absolute Gasteiger partial charge is 0.344 e. The topological polar surface area (TPSA) is 95.9 Å². The Bertz CT molecular complexity index is 1040. The number of nitrogens with zero attached hydrogens (tertiary/aromatic N) is 1. The van der Waals surface area contributed by atoms with Crippen LogP contribution in [0.2, 0.25) is 5.02 Å². The Morgan fingerprint density at radius 2 is 1.93 bits per heavy atom. The number of ether oxygens (including phenoxy) is 1. The van der Waals surface area contributed by atoms with Gasteiger partial charge in [0.2, 0.25) is 0 Å². The van der Waals surface area contributed by atoms with Gasteiger partial charge in [0.1, 0.15) is 11.3 Å². The van der Waals surface area contributed by atoms with Crippen molar-refractivity contribution in [3.63, 3.8) is 0 Å². The minimum atomic E-state index is -1.09. The van der Waals surface area contributed by atoms with Crippen LogP contribution in [-0.4, -0.2) is 34.1 Å². The van der Waals surface area contributed by atoms with E-state index in [1.807, 2.05) is 0 Å². The lowest BCUT2D eigenvalue weighted by Crippen LogP contribution is -2.54. The van der Waals surface area contributed by atoms with Crippen molar-refractivity contribution in [1.82, 2.24) is 5.32 Å². The van der Waals surface area contributed by atoms with Gasteiger partial charge in [-0.3, -0.25) is 19.8 Å². The van der Waals surface area contributed by atoms with E-state index >= 15 is 0 Å². The van der Waals surface area contributed by atoms with E-state index in [2.05, 4.69) is 5.32 Å². The molecule has 3 rings (SSSR count). The van der Waals surface area contributed by atoms with Crippen molar-refractivity contribution in [3.05, 3.63) is 64.7 Å². The first-order valence-electron chi connectivity index (χ1n) is 8.43. The summed E-state index contributed by atoms with van der Waals surface area (Å²) < 4.78 is 5.26. The molecule has 1 heterocycles. The lowest BCUT2D eigenvalue weighted by molar-refractivity contribution is -0.144. The van der Waals surface area contributed by atoms with Crippen LogP contribution in [0, 0.1) is 0 Å². The molecule has 0 saturated carbocycles. The van der Waals surface area contributed by atoms with Crippen molar-refractivity contribution >= 4 is 58.5 Å². The summed E-state index contributed by atoms with van der Waals surface area (Å²) in [4.78, 5) is 37.3. The van der Waals surface area contributed by atoms with E-state index in [0.29, 0.717) is 22.0 Å². The molecule has 0 unspecified atom stereocenters. The zero-order valence-electron chi connectivity index (χ0n) is 15.1. The van der Waals surface area contributed by atoms with Gasteiger partial charge in [-0.15, -0.1) is 0 Å². The predicted molar refractivity (Wildman–Crippen MR) is 112 cm³/mol. The molecule has 0 bridgehead atoms. The highest BCUT2D eigenvalue weighted by molar-refractivity contribution is 7.80. The predicted octanol–water partition coefficient (Wildman–Crippen LogP) is 3.02. The van der Waals surface area contributed by atoms with Crippen LogP contribution in [-0.2, 0) is 14.4 Å². The highest BCUT2D eigenvalue weighted by Crippen LogP contribution is 2.25. The van der Waals surface area contributed by atoms with E-state index in [1.165, 1.54) is 17.9 Å². The number of benzene rings is 2. The molecular formula is C20H15ClN2O5S. The van der Waals surface area contributed by atoms with Crippen LogP contribution in [0.15, 0.2) is 54.1 Å². The van der Waals surface area contributed by atoms with E-state index < -0.39 is 23.9 Å². The first-order chi connectivity index (χ1) is 13.8. The fourth-order valence-corrected chi connectivity index (χ4v) is 3.04. The largest absolute Gasteiger partial charge is 0.479 e. The third-order valence-corrected chi connectivity index (χ3v) is 4.54. The summed E-state index contributed by atoms with van der Waals surface area (Å²) in [5.74, 6) is -1.93. The maximum absolute atomic E-state index is 12.9. The number of carbonyl (C=O) groups excluding carboxylic acids is 2. The highest BCUT2D eigenvalue weighted by atomic mass is 35.5. The van der Waals surface area contributed by atoms with Crippen molar-refractivity contribution in [2.75, 3.05) is 4.90 Å². The standard InChI is InChI=1S/C20H15ClN2O5S/c1-11(19(26)27)28-15-7-5-12(6-8-15)9-16-17(24)22-20(29)23(18(16)25)14-4-2-3-13(21)10-14/h2-11H,1H3,(H,26,27)(H,22,24,29)/b16-9-/t11-/m1/s1. The monoisotopic (exact) mass is 430 g/mol. The highest BCUT2D eigenvalue weighted by Gasteiger charge is 2.34. The number of hydrogen-bond acceptors (Lipinski definition) is 5. The molecule has 1 aliphatic rings. The molecule has 0 radical (unpaired) electrons. The Morgan fingerprint density at radius 3 is 2.55 bits per heavy atom. The second-order valence-electron chi connectivity index (χ2n) is 6.11. The van der Waals surface area contributed by atoms with Crippen molar-refractivity contribution in [2.24, 2.45) is 0 Å². The fraction of sp³-hybridized carbons (Fsp3) is 0.100. The minimum Gasteiger partial charge on any atom is -0.479 e. The summed E-state index contributed by atoms with van der Waals surface area (Å²) in [6.07, 6.45) is 0.415. The van der Waals surface area contributed by atoms with Crippen LogP contribution in [0.3, 0.4) is 0 Å². The minimum absolute atomic E-state index is 0.0363. The fourth-order valence-electron chi connectivity index (χ4n) is 2.57. The maximum atomic E-state index is 12.9. The van der Waals surface area contributed by atoms with Gasteiger partial charge in [0, 0.05) is 5.02 Å². The van der Waals surface area contributed by atoms with Crippen LogP contribution in [0.1, 0.15) is 12.5 Å². The first kappa shape index (κ1) is 20.5. The number of carboxylic acid groups (broad SMARTS) is 1. The molecule has 2 amide bonds. The third-order valence-electron chi connectivity index (χ3n) is 4.02. The van der Waals surface area contributed by atoms with Gasteiger partial charge in [0.25, 0.3) is 11.8 Å². The molecule has 1 fully saturated rings. The lowest BCUT2D eigenvalue weighted by Gasteiger charge is -2.29. The van der Waals surface area contributed by atoms with E-state index in [-0.39, 0.29) is 10.7 Å². The number of amides is 2. The summed E-state index contributed by atoms with van der Waals surface area (Å²) in [6.45, 7) is 1.41. The van der Waals surface area contributed by atoms with E-state index in [1.54, 1.807) is 48.5 Å². The van der Waals surface area contributed by atoms with Crippen LogP contribution in [0.25, 0.3) is 6.08 Å². The summed E-state index contributed by atoms with van der Waals surface area (Å²) in [5.41, 5.74) is 0.883. The lowest BCUT2D eigenvalue weighted by atomic mass is 10.1. The second-order valence-corrected chi connectivity index (χ2v) is 6.93. The van der Waals surface area contributed by atoms with Gasteiger partial charge in [-0.1, -0.05) is 29.8 Å². The zero-order valence-corrected chi connectivity index (χ0v) is 16.7. The molecular weight excluding hydrogens is 416 g/mol. The Kier molecular flexibility index (Phi) is 5.95. The van der Waals surface area contributed by atoms with Crippen molar-refractivity contribution in [2.45, 2.75) is 13.0 Å². The number of thiocarbonyl (C=S) groups is 1. The Labute approximate surface area is 176 Å². The van der Waals surface area contributed by atoms with Crippen LogP contribution < -0.4 is 15.0 Å². The van der Waals surface area contributed by atoms with Gasteiger partial charge in [-0.2, -0.15) is 0 Å². The zero-order chi connectivity index (χ0) is 21.1. The molecule has 2 aromatic rings. The number of carbonyl (C=O) groups is 3. The van der Waals surface area contributed by atoms with Crippen molar-refractivity contribution < 1.29 is 24.2 Å². The van der Waals surface area contributed by atoms with Gasteiger partial charge in [-0.25, -0.2) is 4.79 Å². The molecule has 1 atom stereocenters. The Morgan fingerprint density at radius 1 is 1.24 bits per heavy atom. The molecule has 2 aromatic carbocycles. The number of nitrogens with one attached hydrogen (secondary N) is 1. The summed E-state index contributed by atoms with van der Waals surface area (Å²) >= 11 is 11.1. The van der Waals surface area contributed by atoms with Crippen LogP contribution in [0.4, 0.5) is 5.69 Å². The number of halogens is 1. The average molecular weight is 431 g/mol. The number of aliphatic carboxylic acids is 1. The average Bonchev–Trinajstić information content (AvgIpc) is 2.66. The summed E-state index contributed by atoms with van der Waals surface area (Å²) in [7, 11) is 0. The SMILES string of the molecule is C[C@@H](Oc1ccc(/C=C2/C(=O)NC(=S)N(c3cccc(Cl)c3)C2=O)cc1)C(=O)O. The molecule has 29 heavy (non-hydrogen) atoms. The van der Waals surface area contributed by atoms with Gasteiger partial charge >= 0.3 is 5.97 Å². The molecule has 7 nitrogen and oxygen atoms in total. The first-order valence-corrected chi connectivity index (χ1v) is 9.21. The molecule has 0 spiro atoms. The molecule has 148 valence electrons. The van der Waals surface area contributed by atoms with Gasteiger partial charge < -0.3 is 9.84 Å². The van der Waals surface area contributed by atoms with Gasteiger partial charge in [-0.05, 0) is 61.1 Å². The van der Waals surface area contributed by atoms with Crippen molar-refractivity contribution in [3.8, 4) is 5.75 Å². The number of carboxylic acids is 1. The number of anilines is 1. The quantitative estimate of drug-likeness (QED) is 0.430. The van der Waals surface area contributed by atoms with Crippen LogP contribution >= 0.6 is 23.8 Å². The molecule has 0 aromatic heterocycles. The summed E-state index contributed by atoms with van der Waals surface area (Å²) in [5, 5.41) is 11.8. The Balaban J connectivity index is 1.87. The molecule has 9 heteroatoms. The molecule has 2 N–H and O–H groups in total. The molecule has 1 saturated heterocycles. The maximum Gasteiger partial charge on any atom is 0.344 e. The second kappa shape index (κ2) is 8.42. The van der Waals surface area contributed by atoms with E-state index in [4.69, 9.17) is 33.7 Å². The number of hydrogen-bond donors (Lipinski definition) is 2. The normalized spacial score (nSPS) is 16.6.